The van der Waals surface area contributed by atoms with Crippen molar-refractivity contribution in [1.29, 1.82) is 0 Å². The molecular weight excluding hydrogens is 230 g/mol. The van der Waals surface area contributed by atoms with Crippen LogP contribution in [0.4, 0.5) is 0 Å². The Kier molecular flexibility index (Phi) is 4.22. The number of piperidine rings is 1. The summed E-state index contributed by atoms with van der Waals surface area (Å²) in [5.74, 6) is 3.36. The van der Waals surface area contributed by atoms with Gasteiger partial charge in [-0.05, 0) is 82.2 Å². The van der Waals surface area contributed by atoms with E-state index >= 15 is 0 Å². The fourth-order valence-corrected chi connectivity index (χ4v) is 5.82. The third-order valence-corrected chi connectivity index (χ3v) is 6.03. The zero-order valence-electron chi connectivity index (χ0n) is 13.2. The SMILES string of the molecule is C1CCN(C23CC4CC(CC(C4)C2)C3)CC1.CCC. The summed E-state index contributed by atoms with van der Waals surface area (Å²) in [5, 5.41) is 0. The molecule has 5 rings (SSSR count). The molecular formula is C18H33N. The van der Waals surface area contributed by atoms with Gasteiger partial charge in [-0.1, -0.05) is 26.7 Å². The van der Waals surface area contributed by atoms with Crippen molar-refractivity contribution in [3.8, 4) is 0 Å². The average Bonchev–Trinajstić information content (AvgIpc) is 2.39. The third kappa shape index (κ3) is 2.73. The topological polar surface area (TPSA) is 3.24 Å². The van der Waals surface area contributed by atoms with Crippen molar-refractivity contribution < 1.29 is 0 Å². The predicted molar refractivity (Wildman–Crippen MR) is 82.3 cm³/mol. The van der Waals surface area contributed by atoms with Crippen LogP contribution < -0.4 is 0 Å². The molecule has 0 N–H and O–H groups in total. The van der Waals surface area contributed by atoms with Gasteiger partial charge in [0.2, 0.25) is 0 Å². The molecule has 5 aliphatic rings. The molecule has 0 atom stereocenters. The average molecular weight is 263 g/mol. The standard InChI is InChI=1S/C15H25N.C3H8/c1-2-4-16(5-3-1)15-9-12-6-13(10-15)8-14(7-12)11-15;1-3-2/h12-14H,1-11H2;3H2,1-2H3. The highest BCUT2D eigenvalue weighted by molar-refractivity contribution is 5.07. The lowest BCUT2D eigenvalue weighted by Gasteiger charge is -2.61. The van der Waals surface area contributed by atoms with Crippen molar-refractivity contribution in [2.75, 3.05) is 13.1 Å². The van der Waals surface area contributed by atoms with Gasteiger partial charge in [0.1, 0.15) is 0 Å². The van der Waals surface area contributed by atoms with E-state index in [1.165, 1.54) is 38.8 Å². The fraction of sp³-hybridized carbons (Fsp3) is 1.00. The molecule has 4 bridgehead atoms. The third-order valence-electron chi connectivity index (χ3n) is 6.03. The molecule has 1 saturated heterocycles. The molecule has 0 unspecified atom stereocenters. The molecule has 4 saturated carbocycles. The number of hydrogen-bond acceptors (Lipinski definition) is 1. The van der Waals surface area contributed by atoms with Gasteiger partial charge >= 0.3 is 0 Å². The van der Waals surface area contributed by atoms with E-state index in [0.29, 0.717) is 5.54 Å². The summed E-state index contributed by atoms with van der Waals surface area (Å²) in [5.41, 5.74) is 0.704. The Labute approximate surface area is 120 Å². The van der Waals surface area contributed by atoms with Gasteiger partial charge in [0.05, 0.1) is 0 Å². The summed E-state index contributed by atoms with van der Waals surface area (Å²) in [6.45, 7) is 7.10. The number of nitrogens with zero attached hydrogens (tertiary/aromatic N) is 1. The molecule has 1 heterocycles. The largest absolute Gasteiger partial charge is 0.298 e. The van der Waals surface area contributed by atoms with Gasteiger partial charge in [-0.15, -0.1) is 0 Å². The maximum atomic E-state index is 2.93. The molecule has 0 amide bonds. The first kappa shape index (κ1) is 13.9. The first-order chi connectivity index (χ1) is 9.25. The smallest absolute Gasteiger partial charge is 0.0217 e. The molecule has 0 aromatic carbocycles. The lowest BCUT2D eigenvalue weighted by molar-refractivity contribution is -0.0941. The number of rotatable bonds is 1. The van der Waals surface area contributed by atoms with Gasteiger partial charge < -0.3 is 0 Å². The van der Waals surface area contributed by atoms with Crippen molar-refractivity contribution in [3.05, 3.63) is 0 Å². The van der Waals surface area contributed by atoms with Gasteiger partial charge in [0.15, 0.2) is 0 Å². The minimum Gasteiger partial charge on any atom is -0.298 e. The highest BCUT2D eigenvalue weighted by atomic mass is 15.2. The van der Waals surface area contributed by atoms with Crippen molar-refractivity contribution >= 4 is 0 Å². The molecule has 5 fully saturated rings. The van der Waals surface area contributed by atoms with E-state index in [2.05, 4.69) is 18.7 Å². The van der Waals surface area contributed by atoms with Crippen LogP contribution in [-0.4, -0.2) is 23.5 Å². The summed E-state index contributed by atoms with van der Waals surface area (Å²) >= 11 is 0. The molecule has 0 aromatic rings. The minimum atomic E-state index is 0.704. The Morgan fingerprint density at radius 3 is 1.63 bits per heavy atom. The van der Waals surface area contributed by atoms with Crippen molar-refractivity contribution in [1.82, 2.24) is 4.90 Å². The highest BCUT2D eigenvalue weighted by Crippen LogP contribution is 2.58. The van der Waals surface area contributed by atoms with Crippen LogP contribution in [0.2, 0.25) is 0 Å². The molecule has 1 nitrogen and oxygen atoms in total. The normalized spacial score (nSPS) is 44.8. The molecule has 0 aromatic heterocycles. The van der Waals surface area contributed by atoms with E-state index in [-0.39, 0.29) is 0 Å². The van der Waals surface area contributed by atoms with Crippen LogP contribution in [0.3, 0.4) is 0 Å². The first-order valence-corrected chi connectivity index (χ1v) is 9.01. The summed E-state index contributed by atoms with van der Waals surface area (Å²) in [7, 11) is 0. The van der Waals surface area contributed by atoms with Crippen molar-refractivity contribution in [2.24, 2.45) is 17.8 Å². The molecule has 0 radical (unpaired) electrons. The van der Waals surface area contributed by atoms with E-state index in [0.717, 1.165) is 17.8 Å². The molecule has 1 aliphatic heterocycles. The zero-order chi connectivity index (χ0) is 13.3. The second-order valence-corrected chi connectivity index (χ2v) is 7.90. The van der Waals surface area contributed by atoms with Gasteiger partial charge in [-0.3, -0.25) is 4.90 Å². The van der Waals surface area contributed by atoms with Gasteiger partial charge in [-0.2, -0.15) is 0 Å². The summed E-state index contributed by atoms with van der Waals surface area (Å²) in [6.07, 6.45) is 15.2. The molecule has 4 aliphatic carbocycles. The number of likely N-dealkylation sites (tertiary alicyclic amines) is 1. The Balaban J connectivity index is 0.000000339. The van der Waals surface area contributed by atoms with Gasteiger partial charge in [0, 0.05) is 5.54 Å². The monoisotopic (exact) mass is 263 g/mol. The Morgan fingerprint density at radius 1 is 0.789 bits per heavy atom. The lowest BCUT2D eigenvalue weighted by atomic mass is 9.52. The second kappa shape index (κ2) is 5.76. The van der Waals surface area contributed by atoms with Crippen LogP contribution in [0.15, 0.2) is 0 Å². The van der Waals surface area contributed by atoms with Crippen LogP contribution in [0.1, 0.15) is 78.1 Å². The van der Waals surface area contributed by atoms with E-state index < -0.39 is 0 Å². The predicted octanol–water partition coefficient (Wildman–Crippen LogP) is 4.86. The summed E-state index contributed by atoms with van der Waals surface area (Å²) in [6, 6.07) is 0. The quantitative estimate of drug-likeness (QED) is 0.653. The van der Waals surface area contributed by atoms with Crippen LogP contribution in [-0.2, 0) is 0 Å². The number of hydrogen-bond donors (Lipinski definition) is 0. The molecule has 0 spiro atoms. The van der Waals surface area contributed by atoms with Crippen LogP contribution in [0, 0.1) is 17.8 Å². The first-order valence-electron chi connectivity index (χ1n) is 9.01. The second-order valence-electron chi connectivity index (χ2n) is 7.90. The molecule has 19 heavy (non-hydrogen) atoms. The lowest BCUT2D eigenvalue weighted by Crippen LogP contribution is -2.60. The van der Waals surface area contributed by atoms with Crippen molar-refractivity contribution in [3.63, 3.8) is 0 Å². The Bertz CT molecular complexity index is 255. The maximum Gasteiger partial charge on any atom is 0.0217 e. The van der Waals surface area contributed by atoms with E-state index in [1.807, 2.05) is 0 Å². The van der Waals surface area contributed by atoms with Crippen LogP contribution >= 0.6 is 0 Å². The zero-order valence-corrected chi connectivity index (χ0v) is 13.2. The van der Waals surface area contributed by atoms with Crippen LogP contribution in [0.25, 0.3) is 0 Å². The van der Waals surface area contributed by atoms with Gasteiger partial charge in [0.25, 0.3) is 0 Å². The Hall–Kier alpha value is -0.0400. The van der Waals surface area contributed by atoms with Crippen LogP contribution in [0.5, 0.6) is 0 Å². The summed E-state index contributed by atoms with van der Waals surface area (Å²) in [4.78, 5) is 2.93. The summed E-state index contributed by atoms with van der Waals surface area (Å²) < 4.78 is 0. The van der Waals surface area contributed by atoms with E-state index in [4.69, 9.17) is 0 Å². The molecule has 110 valence electrons. The fourth-order valence-electron chi connectivity index (χ4n) is 5.82. The van der Waals surface area contributed by atoms with Crippen molar-refractivity contribution in [2.45, 2.75) is 83.6 Å². The Morgan fingerprint density at radius 2 is 1.21 bits per heavy atom. The highest BCUT2D eigenvalue weighted by Gasteiger charge is 2.53. The van der Waals surface area contributed by atoms with E-state index in [9.17, 15) is 0 Å². The minimum absolute atomic E-state index is 0.704. The maximum absolute atomic E-state index is 2.93. The van der Waals surface area contributed by atoms with E-state index in [1.54, 1.807) is 38.5 Å². The van der Waals surface area contributed by atoms with Gasteiger partial charge in [-0.25, -0.2) is 0 Å². The molecule has 1 heteroatoms.